The maximum Gasteiger partial charge on any atom is 0.243 e. The second kappa shape index (κ2) is 10.6. The Morgan fingerprint density at radius 3 is 1.95 bits per heavy atom. The van der Waals surface area contributed by atoms with E-state index in [1.165, 1.54) is 28.6 Å². The van der Waals surface area contributed by atoms with Gasteiger partial charge in [-0.15, -0.1) is 0 Å². The van der Waals surface area contributed by atoms with Gasteiger partial charge >= 0.3 is 0 Å². The van der Waals surface area contributed by atoms with Crippen LogP contribution >= 0.6 is 0 Å². The number of aromatic hydroxyl groups is 1. The minimum Gasteiger partial charge on any atom is -0.507 e. The van der Waals surface area contributed by atoms with Gasteiger partial charge in [-0.2, -0.15) is 4.31 Å². The van der Waals surface area contributed by atoms with Gasteiger partial charge in [-0.05, 0) is 91.5 Å². The van der Waals surface area contributed by atoms with Gasteiger partial charge in [0.05, 0.1) is 20.6 Å². The van der Waals surface area contributed by atoms with Crippen molar-refractivity contribution in [2.75, 3.05) is 13.1 Å². The third-order valence-electron chi connectivity index (χ3n) is 9.58. The first kappa shape index (κ1) is 30.7. The summed E-state index contributed by atoms with van der Waals surface area (Å²) in [7, 11) is -7.67. The van der Waals surface area contributed by atoms with Crippen LogP contribution in [0.5, 0.6) is 5.75 Å². The predicted molar refractivity (Wildman–Crippen MR) is 162 cm³/mol. The standard InChI is InChI=1S/C32H35FN2O7S2/c1-31(2)11-9-21(10-12-31)43(39,40)22-4-6-24-25-7-5-23(19-27(25)30(34-38)26(24)18-22)44(41,42)35-15-13-32(37,14-16-35)28-8-3-20(33)17-29(28)36/h3-8,17-19,21,36-38H,9-16H2,1-2H3/b34-30-. The van der Waals surface area contributed by atoms with Crippen molar-refractivity contribution in [3.05, 3.63) is 77.1 Å². The molecule has 0 amide bonds. The number of rotatable bonds is 5. The van der Waals surface area contributed by atoms with Crippen LogP contribution in [0.25, 0.3) is 11.1 Å². The van der Waals surface area contributed by atoms with Crippen LogP contribution in [0.15, 0.2) is 69.5 Å². The fourth-order valence-electron chi connectivity index (χ4n) is 6.79. The zero-order valence-corrected chi connectivity index (χ0v) is 26.1. The third-order valence-corrected chi connectivity index (χ3v) is 13.7. The lowest BCUT2D eigenvalue weighted by Gasteiger charge is -2.38. The number of sulfone groups is 1. The molecule has 0 radical (unpaired) electrons. The second-order valence-corrected chi connectivity index (χ2v) is 17.0. The molecular weight excluding hydrogens is 607 g/mol. The van der Waals surface area contributed by atoms with Crippen molar-refractivity contribution in [3.8, 4) is 16.9 Å². The Kier molecular flexibility index (Phi) is 7.43. The highest BCUT2D eigenvalue weighted by molar-refractivity contribution is 7.92. The van der Waals surface area contributed by atoms with Crippen LogP contribution in [0.3, 0.4) is 0 Å². The zero-order valence-electron chi connectivity index (χ0n) is 24.5. The highest BCUT2D eigenvalue weighted by Gasteiger charge is 2.41. The summed E-state index contributed by atoms with van der Waals surface area (Å²) in [5.41, 5.74) is 0.862. The maximum atomic E-state index is 13.7. The normalized spacial score (nSPS) is 21.2. The molecule has 12 heteroatoms. The topological polar surface area (TPSA) is 145 Å². The van der Waals surface area contributed by atoms with Gasteiger partial charge < -0.3 is 15.4 Å². The molecule has 44 heavy (non-hydrogen) atoms. The minimum absolute atomic E-state index is 0.0130. The first-order valence-corrected chi connectivity index (χ1v) is 17.6. The Labute approximate surface area is 256 Å². The SMILES string of the molecule is CC1(C)CCC(S(=O)(=O)c2ccc3c(c2)/C(=N/O)c2cc(S(=O)(=O)N4CCC(O)(c5ccc(F)cc5O)CC4)ccc2-3)CC1. The molecule has 1 heterocycles. The average Bonchev–Trinajstić information content (AvgIpc) is 3.29. The molecule has 3 N–H and O–H groups in total. The number of fused-ring (bicyclic) bond motifs is 3. The number of phenols is 1. The van der Waals surface area contributed by atoms with Crippen molar-refractivity contribution in [2.24, 2.45) is 10.6 Å². The number of nitrogens with zero attached hydrogens (tertiary/aromatic N) is 2. The van der Waals surface area contributed by atoms with Gasteiger partial charge in [-0.3, -0.25) is 0 Å². The Hall–Kier alpha value is -3.32. The van der Waals surface area contributed by atoms with Crippen LogP contribution < -0.4 is 0 Å². The summed E-state index contributed by atoms with van der Waals surface area (Å²) < 4.78 is 69.2. The van der Waals surface area contributed by atoms with Crippen molar-refractivity contribution >= 4 is 25.6 Å². The van der Waals surface area contributed by atoms with E-state index in [-0.39, 0.29) is 52.4 Å². The van der Waals surface area contributed by atoms with Crippen LogP contribution in [-0.4, -0.2) is 60.6 Å². The molecule has 0 unspecified atom stereocenters. The maximum absolute atomic E-state index is 13.7. The van der Waals surface area contributed by atoms with E-state index in [1.807, 2.05) is 0 Å². The summed E-state index contributed by atoms with van der Waals surface area (Å²) in [6, 6.07) is 12.6. The number of benzene rings is 3. The van der Waals surface area contributed by atoms with E-state index in [4.69, 9.17) is 0 Å². The number of hydrogen-bond acceptors (Lipinski definition) is 8. The molecule has 9 nitrogen and oxygen atoms in total. The van der Waals surface area contributed by atoms with Crippen LogP contribution in [0.2, 0.25) is 0 Å². The summed E-state index contributed by atoms with van der Waals surface area (Å²) in [4.78, 5) is 0.105. The zero-order chi connectivity index (χ0) is 31.7. The second-order valence-electron chi connectivity index (χ2n) is 12.9. The average molecular weight is 643 g/mol. The number of hydrogen-bond donors (Lipinski definition) is 3. The van der Waals surface area contributed by atoms with Crippen LogP contribution in [0.4, 0.5) is 4.39 Å². The fourth-order valence-corrected chi connectivity index (χ4v) is 10.0. The van der Waals surface area contributed by atoms with E-state index < -0.39 is 42.3 Å². The van der Waals surface area contributed by atoms with E-state index in [0.29, 0.717) is 35.1 Å². The Morgan fingerprint density at radius 1 is 0.818 bits per heavy atom. The van der Waals surface area contributed by atoms with Gasteiger partial charge in [-0.25, -0.2) is 21.2 Å². The lowest BCUT2D eigenvalue weighted by molar-refractivity contribution is -0.0114. The Balaban J connectivity index is 1.25. The lowest BCUT2D eigenvalue weighted by Crippen LogP contribution is -2.45. The van der Waals surface area contributed by atoms with Crippen LogP contribution in [0, 0.1) is 11.2 Å². The van der Waals surface area contributed by atoms with Gasteiger partial charge in [-0.1, -0.05) is 31.1 Å². The molecule has 1 aliphatic heterocycles. The predicted octanol–water partition coefficient (Wildman–Crippen LogP) is 5.15. The fraction of sp³-hybridized carbons (Fsp3) is 0.406. The molecule has 1 saturated carbocycles. The molecule has 0 atom stereocenters. The number of phenolic OH excluding ortho intramolecular Hbond substituents is 1. The van der Waals surface area contributed by atoms with Gasteiger partial charge in [0.1, 0.15) is 17.3 Å². The summed E-state index contributed by atoms with van der Waals surface area (Å²) in [6.45, 7) is 4.19. The molecule has 1 saturated heterocycles. The molecule has 6 rings (SSSR count). The molecule has 3 aromatic rings. The van der Waals surface area contributed by atoms with E-state index in [1.54, 1.807) is 18.2 Å². The Bertz CT molecular complexity index is 1890. The van der Waals surface area contributed by atoms with Crippen molar-refractivity contribution < 1.29 is 36.6 Å². The highest BCUT2D eigenvalue weighted by atomic mass is 32.2. The third kappa shape index (κ3) is 5.11. The smallest absolute Gasteiger partial charge is 0.243 e. The molecule has 0 aromatic heterocycles. The molecule has 2 fully saturated rings. The Morgan fingerprint density at radius 2 is 1.39 bits per heavy atom. The van der Waals surface area contributed by atoms with Crippen LogP contribution in [0.1, 0.15) is 69.1 Å². The number of sulfonamides is 1. The highest BCUT2D eigenvalue weighted by Crippen LogP contribution is 2.43. The van der Waals surface area contributed by atoms with E-state index in [0.717, 1.165) is 25.0 Å². The number of aliphatic hydroxyl groups is 1. The van der Waals surface area contributed by atoms with E-state index in [2.05, 4.69) is 19.0 Å². The molecule has 3 aromatic carbocycles. The molecular formula is C32H35FN2O7S2. The summed E-state index contributed by atoms with van der Waals surface area (Å²) in [5.74, 6) is -1.04. The number of halogens is 1. The van der Waals surface area contributed by atoms with Crippen LogP contribution in [-0.2, 0) is 25.5 Å². The molecule has 3 aliphatic rings. The molecule has 2 aliphatic carbocycles. The van der Waals surface area contributed by atoms with Gasteiger partial charge in [0, 0.05) is 35.8 Å². The van der Waals surface area contributed by atoms with E-state index in [9.17, 15) is 36.6 Å². The quantitative estimate of drug-likeness (QED) is 0.202. The summed E-state index contributed by atoms with van der Waals surface area (Å²) in [6.07, 6.45) is 2.77. The molecule has 0 bridgehead atoms. The monoisotopic (exact) mass is 642 g/mol. The molecule has 0 spiro atoms. The number of oxime groups is 1. The van der Waals surface area contributed by atoms with Crippen molar-refractivity contribution in [2.45, 2.75) is 73.0 Å². The first-order valence-electron chi connectivity index (χ1n) is 14.6. The van der Waals surface area contributed by atoms with Crippen molar-refractivity contribution in [3.63, 3.8) is 0 Å². The van der Waals surface area contributed by atoms with Gasteiger partial charge in [0.2, 0.25) is 10.0 Å². The van der Waals surface area contributed by atoms with Gasteiger partial charge in [0.25, 0.3) is 0 Å². The lowest BCUT2D eigenvalue weighted by atomic mass is 9.77. The van der Waals surface area contributed by atoms with Gasteiger partial charge in [0.15, 0.2) is 9.84 Å². The molecule has 234 valence electrons. The van der Waals surface area contributed by atoms with E-state index >= 15 is 0 Å². The van der Waals surface area contributed by atoms with Crippen molar-refractivity contribution in [1.82, 2.24) is 4.31 Å². The summed E-state index contributed by atoms with van der Waals surface area (Å²) >= 11 is 0. The van der Waals surface area contributed by atoms with Crippen molar-refractivity contribution in [1.29, 1.82) is 0 Å². The number of piperidine rings is 1. The largest absolute Gasteiger partial charge is 0.507 e. The summed E-state index contributed by atoms with van der Waals surface area (Å²) in [5, 5.41) is 34.3. The minimum atomic E-state index is -4.04. The first-order chi connectivity index (χ1) is 20.7.